The van der Waals surface area contributed by atoms with Crippen LogP contribution in [-0.2, 0) is 6.54 Å². The van der Waals surface area contributed by atoms with Gasteiger partial charge in [-0.25, -0.2) is 4.98 Å². The predicted octanol–water partition coefficient (Wildman–Crippen LogP) is 3.52. The molecule has 1 fully saturated rings. The van der Waals surface area contributed by atoms with E-state index in [1.807, 2.05) is 6.92 Å². The number of allylic oxidation sites excluding steroid dienone is 1. The molecule has 0 spiro atoms. The molecule has 2 aromatic heterocycles. The Morgan fingerprint density at radius 1 is 1.52 bits per heavy atom. The van der Waals surface area contributed by atoms with Crippen molar-refractivity contribution in [2.75, 3.05) is 5.32 Å². The van der Waals surface area contributed by atoms with Crippen molar-refractivity contribution in [3.8, 4) is 0 Å². The van der Waals surface area contributed by atoms with Crippen LogP contribution in [0.4, 0.5) is 5.69 Å². The molecule has 1 aliphatic carbocycles. The first-order chi connectivity index (χ1) is 10.1. The number of halogens is 1. The molecule has 0 bridgehead atoms. The summed E-state index contributed by atoms with van der Waals surface area (Å²) in [6.07, 6.45) is 8.53. The van der Waals surface area contributed by atoms with Crippen LogP contribution in [0.15, 0.2) is 24.0 Å². The molecule has 0 aromatic carbocycles. The third-order valence-corrected chi connectivity index (χ3v) is 3.81. The van der Waals surface area contributed by atoms with Gasteiger partial charge in [-0.2, -0.15) is 5.10 Å². The lowest BCUT2D eigenvalue weighted by Gasteiger charge is -2.03. The molecule has 0 aliphatic heterocycles. The van der Waals surface area contributed by atoms with E-state index in [0.29, 0.717) is 11.7 Å². The van der Waals surface area contributed by atoms with Gasteiger partial charge in [0.05, 0.1) is 24.1 Å². The first-order valence-electron chi connectivity index (χ1n) is 7.06. The van der Waals surface area contributed by atoms with Crippen molar-refractivity contribution < 1.29 is 0 Å². The molecule has 21 heavy (non-hydrogen) atoms. The van der Waals surface area contributed by atoms with Crippen LogP contribution in [0.2, 0.25) is 5.15 Å². The lowest BCUT2D eigenvalue weighted by molar-refractivity contribution is 0.964. The molecule has 110 valence electrons. The summed E-state index contributed by atoms with van der Waals surface area (Å²) in [5.74, 6) is 1.77. The Morgan fingerprint density at radius 3 is 3.05 bits per heavy atom. The topological polar surface area (TPSA) is 55.6 Å². The molecular formula is C15H18ClN5. The fourth-order valence-electron chi connectivity index (χ4n) is 2.26. The largest absolute Gasteiger partial charge is 0.378 e. The van der Waals surface area contributed by atoms with Crippen molar-refractivity contribution in [3.05, 3.63) is 40.7 Å². The van der Waals surface area contributed by atoms with E-state index in [-0.39, 0.29) is 0 Å². The predicted molar refractivity (Wildman–Crippen MR) is 84.0 cm³/mol. The summed E-state index contributed by atoms with van der Waals surface area (Å²) in [7, 11) is 0. The third kappa shape index (κ3) is 3.61. The van der Waals surface area contributed by atoms with Crippen LogP contribution >= 0.6 is 11.6 Å². The maximum atomic E-state index is 5.81. The summed E-state index contributed by atoms with van der Waals surface area (Å²) >= 11 is 5.81. The summed E-state index contributed by atoms with van der Waals surface area (Å²) < 4.78 is 2.10. The quantitative estimate of drug-likeness (QED) is 0.918. The van der Waals surface area contributed by atoms with Crippen LogP contribution < -0.4 is 5.32 Å². The zero-order valence-electron chi connectivity index (χ0n) is 12.2. The van der Waals surface area contributed by atoms with Crippen LogP contribution in [0.3, 0.4) is 0 Å². The number of aromatic nitrogens is 4. The first-order valence-corrected chi connectivity index (χ1v) is 7.44. The number of anilines is 1. The van der Waals surface area contributed by atoms with Crippen LogP contribution in [0.25, 0.3) is 6.20 Å². The van der Waals surface area contributed by atoms with Crippen LogP contribution in [0.1, 0.15) is 31.3 Å². The van der Waals surface area contributed by atoms with Gasteiger partial charge in [0.1, 0.15) is 5.82 Å². The summed E-state index contributed by atoms with van der Waals surface area (Å²) in [5.41, 5.74) is 3.26. The SMILES string of the molecule is C/C(=C\n1cc(CNc2cnnc(Cl)c2)nc1C)C1CC1. The minimum Gasteiger partial charge on any atom is -0.378 e. The van der Waals surface area contributed by atoms with Gasteiger partial charge in [0.2, 0.25) is 0 Å². The molecule has 5 nitrogen and oxygen atoms in total. The first kappa shape index (κ1) is 14.1. The monoisotopic (exact) mass is 303 g/mol. The average molecular weight is 304 g/mol. The van der Waals surface area contributed by atoms with Crippen molar-refractivity contribution in [3.63, 3.8) is 0 Å². The molecule has 1 saturated carbocycles. The van der Waals surface area contributed by atoms with E-state index >= 15 is 0 Å². The molecule has 2 heterocycles. The highest BCUT2D eigenvalue weighted by molar-refractivity contribution is 6.29. The van der Waals surface area contributed by atoms with Gasteiger partial charge in [0.15, 0.2) is 5.15 Å². The second-order valence-electron chi connectivity index (χ2n) is 5.45. The zero-order valence-corrected chi connectivity index (χ0v) is 12.9. The van der Waals surface area contributed by atoms with E-state index in [9.17, 15) is 0 Å². The van der Waals surface area contributed by atoms with Gasteiger partial charge in [-0.15, -0.1) is 5.10 Å². The van der Waals surface area contributed by atoms with E-state index in [2.05, 4.69) is 44.4 Å². The molecule has 0 atom stereocenters. The van der Waals surface area contributed by atoms with E-state index < -0.39 is 0 Å². The zero-order chi connectivity index (χ0) is 14.8. The molecule has 2 aromatic rings. The number of nitrogens with one attached hydrogen (secondary N) is 1. The normalized spacial score (nSPS) is 15.3. The van der Waals surface area contributed by atoms with Gasteiger partial charge in [0, 0.05) is 18.5 Å². The Labute approximate surface area is 129 Å². The van der Waals surface area contributed by atoms with Crippen LogP contribution in [0, 0.1) is 12.8 Å². The Kier molecular flexibility index (Phi) is 3.92. The Hall–Kier alpha value is -1.88. The summed E-state index contributed by atoms with van der Waals surface area (Å²) in [4.78, 5) is 4.57. The molecule has 1 N–H and O–H groups in total. The van der Waals surface area contributed by atoms with Crippen molar-refractivity contribution >= 4 is 23.5 Å². The standard InChI is InChI=1S/C15H18ClN5/c1-10(12-3-4-12)8-21-9-14(19-11(21)2)6-17-13-5-15(16)20-18-7-13/h5,7-9,12H,3-4,6H2,1-2H3,(H,17,20)/b10-8+. The van der Waals surface area contributed by atoms with Crippen LogP contribution in [-0.4, -0.2) is 19.7 Å². The Morgan fingerprint density at radius 2 is 2.33 bits per heavy atom. The molecule has 0 saturated heterocycles. The van der Waals surface area contributed by atoms with Gasteiger partial charge < -0.3 is 9.88 Å². The third-order valence-electron chi connectivity index (χ3n) is 3.63. The van der Waals surface area contributed by atoms with Gasteiger partial charge in [-0.05, 0) is 32.6 Å². The molecular weight excluding hydrogens is 286 g/mol. The molecule has 0 amide bonds. The lowest BCUT2D eigenvalue weighted by atomic mass is 10.2. The number of rotatable bonds is 5. The van der Waals surface area contributed by atoms with Gasteiger partial charge in [-0.3, -0.25) is 0 Å². The van der Waals surface area contributed by atoms with Crippen molar-refractivity contribution in [2.45, 2.75) is 33.2 Å². The van der Waals surface area contributed by atoms with Gasteiger partial charge in [-0.1, -0.05) is 17.2 Å². The minimum atomic E-state index is 0.379. The number of imidazole rings is 1. The Balaban J connectivity index is 1.68. The van der Waals surface area contributed by atoms with Crippen molar-refractivity contribution in [1.29, 1.82) is 0 Å². The number of aryl methyl sites for hydroxylation is 1. The fraction of sp³-hybridized carbons (Fsp3) is 0.400. The van der Waals surface area contributed by atoms with Gasteiger partial charge in [0.25, 0.3) is 0 Å². The van der Waals surface area contributed by atoms with Crippen molar-refractivity contribution in [1.82, 2.24) is 19.7 Å². The Bertz CT molecular complexity index is 672. The number of nitrogens with zero attached hydrogens (tertiary/aromatic N) is 4. The average Bonchev–Trinajstić information content (AvgIpc) is 3.23. The summed E-state index contributed by atoms with van der Waals surface area (Å²) in [6.45, 7) is 4.84. The fourth-order valence-corrected chi connectivity index (χ4v) is 2.42. The summed E-state index contributed by atoms with van der Waals surface area (Å²) in [5, 5.41) is 11.1. The number of hydrogen-bond acceptors (Lipinski definition) is 4. The maximum absolute atomic E-state index is 5.81. The van der Waals surface area contributed by atoms with Gasteiger partial charge >= 0.3 is 0 Å². The number of hydrogen-bond donors (Lipinski definition) is 1. The van der Waals surface area contributed by atoms with E-state index in [4.69, 9.17) is 11.6 Å². The second-order valence-corrected chi connectivity index (χ2v) is 5.84. The van der Waals surface area contributed by atoms with E-state index in [1.165, 1.54) is 18.4 Å². The molecule has 0 unspecified atom stereocenters. The van der Waals surface area contributed by atoms with E-state index in [1.54, 1.807) is 12.3 Å². The summed E-state index contributed by atoms with van der Waals surface area (Å²) in [6, 6.07) is 1.75. The highest BCUT2D eigenvalue weighted by Crippen LogP contribution is 2.36. The smallest absolute Gasteiger partial charge is 0.153 e. The second kappa shape index (κ2) is 5.85. The lowest BCUT2D eigenvalue weighted by Crippen LogP contribution is -2.00. The van der Waals surface area contributed by atoms with Crippen LogP contribution in [0.5, 0.6) is 0 Å². The molecule has 3 rings (SSSR count). The highest BCUT2D eigenvalue weighted by atomic mass is 35.5. The van der Waals surface area contributed by atoms with E-state index in [0.717, 1.165) is 23.1 Å². The highest BCUT2D eigenvalue weighted by Gasteiger charge is 2.23. The molecule has 0 radical (unpaired) electrons. The maximum Gasteiger partial charge on any atom is 0.153 e. The molecule has 6 heteroatoms. The minimum absolute atomic E-state index is 0.379. The van der Waals surface area contributed by atoms with Crippen molar-refractivity contribution in [2.24, 2.45) is 5.92 Å². The molecule has 1 aliphatic rings.